The highest BCUT2D eigenvalue weighted by atomic mass is 35.5. The van der Waals surface area contributed by atoms with Gasteiger partial charge in [0.05, 0.1) is 23.3 Å². The molecule has 2 aromatic carbocycles. The fourth-order valence-corrected chi connectivity index (χ4v) is 2.87. The van der Waals surface area contributed by atoms with E-state index in [-0.39, 0.29) is 11.6 Å². The zero-order valence-corrected chi connectivity index (χ0v) is 14.3. The Morgan fingerprint density at radius 3 is 2.58 bits per heavy atom. The lowest BCUT2D eigenvalue weighted by Gasteiger charge is -2.08. The van der Waals surface area contributed by atoms with Crippen molar-refractivity contribution in [2.45, 2.75) is 0 Å². The Morgan fingerprint density at radius 2 is 1.85 bits per heavy atom. The van der Waals surface area contributed by atoms with Crippen LogP contribution in [-0.2, 0) is 0 Å². The molecule has 0 aliphatic rings. The minimum atomic E-state index is -0.325. The van der Waals surface area contributed by atoms with Crippen LogP contribution in [0.5, 0.6) is 0 Å². The molecule has 0 bridgehead atoms. The maximum atomic E-state index is 12.6. The van der Waals surface area contributed by atoms with E-state index in [0.29, 0.717) is 10.7 Å². The van der Waals surface area contributed by atoms with Gasteiger partial charge in [-0.05, 0) is 24.3 Å². The molecule has 2 aromatic heterocycles. The Morgan fingerprint density at radius 1 is 1.08 bits per heavy atom. The topological polar surface area (TPSA) is 75.6 Å². The molecule has 0 radical (unpaired) electrons. The lowest BCUT2D eigenvalue weighted by atomic mass is 10.1. The number of rotatable bonds is 4. The monoisotopic (exact) mass is 363 g/mol. The number of nitrogens with one attached hydrogen (secondary N) is 2. The zero-order valence-electron chi connectivity index (χ0n) is 13.6. The number of aromatic amines is 1. The van der Waals surface area contributed by atoms with Gasteiger partial charge in [-0.1, -0.05) is 48.0 Å². The van der Waals surface area contributed by atoms with E-state index in [1.165, 1.54) is 6.20 Å². The van der Waals surface area contributed by atoms with Crippen molar-refractivity contribution in [2.75, 3.05) is 5.32 Å². The molecule has 4 aromatic rings. The maximum absolute atomic E-state index is 12.6. The predicted octanol–water partition coefficient (Wildman–Crippen LogP) is 4.17. The van der Waals surface area contributed by atoms with Crippen LogP contribution >= 0.6 is 11.6 Å². The lowest BCUT2D eigenvalue weighted by molar-refractivity contribution is 0.102. The molecule has 0 unspecified atom stereocenters. The number of para-hydroxylation sites is 1. The van der Waals surface area contributed by atoms with Gasteiger partial charge < -0.3 is 5.32 Å². The number of amides is 1. The van der Waals surface area contributed by atoms with Gasteiger partial charge >= 0.3 is 0 Å². The van der Waals surface area contributed by atoms with E-state index in [1.807, 2.05) is 54.6 Å². The molecule has 1 amide bonds. The second-order valence-electron chi connectivity index (χ2n) is 5.58. The van der Waals surface area contributed by atoms with Crippen molar-refractivity contribution in [3.8, 4) is 16.9 Å². The van der Waals surface area contributed by atoms with E-state index in [9.17, 15) is 4.79 Å². The fourth-order valence-electron chi connectivity index (χ4n) is 2.63. The third-order valence-electron chi connectivity index (χ3n) is 3.85. The molecule has 2 N–H and O–H groups in total. The molecule has 0 saturated carbocycles. The smallest absolute Gasteiger partial charge is 0.276 e. The highest BCUT2D eigenvalue weighted by molar-refractivity contribution is 6.33. The van der Waals surface area contributed by atoms with Crippen molar-refractivity contribution in [3.05, 3.63) is 83.8 Å². The molecule has 2 heterocycles. The summed E-state index contributed by atoms with van der Waals surface area (Å²) in [4.78, 5) is 12.6. The van der Waals surface area contributed by atoms with Crippen LogP contribution in [0, 0.1) is 0 Å². The SMILES string of the molecule is O=C(Nc1cn[nH]c1)c1cc(-c2ccccc2Cl)n(-c2ccccc2)n1. The normalized spacial score (nSPS) is 10.7. The first-order chi connectivity index (χ1) is 12.7. The van der Waals surface area contributed by atoms with Crippen LogP contribution in [0.1, 0.15) is 10.5 Å². The highest BCUT2D eigenvalue weighted by Gasteiger charge is 2.18. The molecule has 0 fully saturated rings. The first-order valence-electron chi connectivity index (χ1n) is 7.93. The first kappa shape index (κ1) is 16.1. The summed E-state index contributed by atoms with van der Waals surface area (Å²) in [6, 6.07) is 18.8. The average Bonchev–Trinajstić information content (AvgIpc) is 3.32. The Kier molecular flexibility index (Phi) is 4.25. The summed E-state index contributed by atoms with van der Waals surface area (Å²) < 4.78 is 1.71. The summed E-state index contributed by atoms with van der Waals surface area (Å²) in [5, 5.41) is 14.3. The Labute approximate surface area is 154 Å². The number of halogens is 1. The third-order valence-corrected chi connectivity index (χ3v) is 4.18. The minimum absolute atomic E-state index is 0.282. The molecule has 4 rings (SSSR count). The summed E-state index contributed by atoms with van der Waals surface area (Å²) >= 11 is 6.37. The summed E-state index contributed by atoms with van der Waals surface area (Å²) in [6.07, 6.45) is 3.13. The van der Waals surface area contributed by atoms with Crippen LogP contribution in [-0.4, -0.2) is 25.9 Å². The average molecular weight is 364 g/mol. The summed E-state index contributed by atoms with van der Waals surface area (Å²) in [5.74, 6) is -0.325. The molecule has 26 heavy (non-hydrogen) atoms. The van der Waals surface area contributed by atoms with Gasteiger partial charge in [-0.3, -0.25) is 9.89 Å². The van der Waals surface area contributed by atoms with E-state index < -0.39 is 0 Å². The lowest BCUT2D eigenvalue weighted by Crippen LogP contribution is -2.12. The molecule has 128 valence electrons. The van der Waals surface area contributed by atoms with Gasteiger partial charge in [-0.15, -0.1) is 0 Å². The van der Waals surface area contributed by atoms with Crippen LogP contribution in [0.2, 0.25) is 5.02 Å². The number of carbonyl (C=O) groups is 1. The number of hydrogen-bond donors (Lipinski definition) is 2. The number of H-pyrrole nitrogens is 1. The van der Waals surface area contributed by atoms with Gasteiger partial charge in [0.25, 0.3) is 5.91 Å². The molecule has 6 nitrogen and oxygen atoms in total. The number of carbonyl (C=O) groups excluding carboxylic acids is 1. The molecule has 0 aliphatic carbocycles. The van der Waals surface area contributed by atoms with Gasteiger partial charge in [0.2, 0.25) is 0 Å². The maximum Gasteiger partial charge on any atom is 0.276 e. The molecule has 0 aliphatic heterocycles. The molecule has 7 heteroatoms. The van der Waals surface area contributed by atoms with Gasteiger partial charge in [-0.2, -0.15) is 10.2 Å². The Hall–Kier alpha value is -3.38. The van der Waals surface area contributed by atoms with Crippen LogP contribution in [0.3, 0.4) is 0 Å². The summed E-state index contributed by atoms with van der Waals surface area (Å²) in [5.41, 5.74) is 3.23. The number of benzene rings is 2. The number of nitrogens with zero attached hydrogens (tertiary/aromatic N) is 3. The molecule has 0 spiro atoms. The standard InChI is InChI=1S/C19H14ClN5O/c20-16-9-5-4-8-15(16)18-10-17(19(26)23-13-11-21-22-12-13)24-25(18)14-6-2-1-3-7-14/h1-12H,(H,21,22)(H,23,26). The number of hydrogen-bond acceptors (Lipinski definition) is 3. The van der Waals surface area contributed by atoms with Crippen molar-refractivity contribution < 1.29 is 4.79 Å². The van der Waals surface area contributed by atoms with Crippen molar-refractivity contribution in [2.24, 2.45) is 0 Å². The van der Waals surface area contributed by atoms with Gasteiger partial charge in [0.15, 0.2) is 5.69 Å². The van der Waals surface area contributed by atoms with Gasteiger partial charge in [0.1, 0.15) is 0 Å². The fraction of sp³-hybridized carbons (Fsp3) is 0. The van der Waals surface area contributed by atoms with E-state index in [4.69, 9.17) is 11.6 Å². The van der Waals surface area contributed by atoms with Crippen molar-refractivity contribution >= 4 is 23.2 Å². The van der Waals surface area contributed by atoms with E-state index in [1.54, 1.807) is 16.9 Å². The van der Waals surface area contributed by atoms with Crippen molar-refractivity contribution in [1.29, 1.82) is 0 Å². The van der Waals surface area contributed by atoms with Crippen LogP contribution in [0.4, 0.5) is 5.69 Å². The molecular formula is C19H14ClN5O. The summed E-state index contributed by atoms with van der Waals surface area (Å²) in [6.45, 7) is 0. The van der Waals surface area contributed by atoms with Gasteiger partial charge in [0, 0.05) is 16.8 Å². The van der Waals surface area contributed by atoms with Crippen LogP contribution < -0.4 is 5.32 Å². The van der Waals surface area contributed by atoms with E-state index in [2.05, 4.69) is 20.6 Å². The largest absolute Gasteiger partial charge is 0.318 e. The van der Waals surface area contributed by atoms with Gasteiger partial charge in [-0.25, -0.2) is 4.68 Å². The number of anilines is 1. The Balaban J connectivity index is 1.80. The highest BCUT2D eigenvalue weighted by Crippen LogP contribution is 2.30. The van der Waals surface area contributed by atoms with Crippen LogP contribution in [0.15, 0.2) is 73.1 Å². The molecule has 0 atom stereocenters. The summed E-state index contributed by atoms with van der Waals surface area (Å²) in [7, 11) is 0. The second-order valence-corrected chi connectivity index (χ2v) is 5.99. The van der Waals surface area contributed by atoms with E-state index in [0.717, 1.165) is 16.9 Å². The molecular weight excluding hydrogens is 350 g/mol. The second kappa shape index (κ2) is 6.85. The third kappa shape index (κ3) is 3.10. The Bertz CT molecular complexity index is 1040. The van der Waals surface area contributed by atoms with Crippen molar-refractivity contribution in [1.82, 2.24) is 20.0 Å². The van der Waals surface area contributed by atoms with Crippen LogP contribution in [0.25, 0.3) is 16.9 Å². The van der Waals surface area contributed by atoms with Crippen molar-refractivity contribution in [3.63, 3.8) is 0 Å². The number of aromatic nitrogens is 4. The molecule has 0 saturated heterocycles. The quantitative estimate of drug-likeness (QED) is 0.571. The first-order valence-corrected chi connectivity index (χ1v) is 8.31. The minimum Gasteiger partial charge on any atom is -0.318 e. The van der Waals surface area contributed by atoms with E-state index >= 15 is 0 Å². The zero-order chi connectivity index (χ0) is 17.9. The predicted molar refractivity (Wildman–Crippen MR) is 101 cm³/mol.